The van der Waals surface area contributed by atoms with E-state index < -0.39 is 0 Å². The van der Waals surface area contributed by atoms with Gasteiger partial charge in [-0.1, -0.05) is 18.2 Å². The van der Waals surface area contributed by atoms with E-state index in [1.54, 1.807) is 24.4 Å². The van der Waals surface area contributed by atoms with Crippen molar-refractivity contribution in [2.75, 3.05) is 31.1 Å². The SMILES string of the molecule is O=C(c1ccc(-c2ccc(F)cc2)nc1)N1CCCc2cc(C=CCN3CCCC3)ccc21. The number of hydrogen-bond acceptors (Lipinski definition) is 3. The lowest BCUT2D eigenvalue weighted by Crippen LogP contribution is -2.35. The van der Waals surface area contributed by atoms with Crippen LogP contribution in [-0.2, 0) is 6.42 Å². The Morgan fingerprint density at radius 2 is 1.79 bits per heavy atom. The van der Waals surface area contributed by atoms with E-state index >= 15 is 0 Å². The smallest absolute Gasteiger partial charge is 0.259 e. The molecule has 0 saturated carbocycles. The maximum absolute atomic E-state index is 13.3. The minimum absolute atomic E-state index is 0.0357. The fourth-order valence-electron chi connectivity index (χ4n) is 4.70. The molecule has 1 fully saturated rings. The number of rotatable bonds is 5. The summed E-state index contributed by atoms with van der Waals surface area (Å²) in [6, 6.07) is 16.2. The van der Waals surface area contributed by atoms with E-state index in [4.69, 9.17) is 0 Å². The summed E-state index contributed by atoms with van der Waals surface area (Å²) in [4.78, 5) is 22.1. The van der Waals surface area contributed by atoms with Crippen molar-refractivity contribution >= 4 is 17.7 Å². The van der Waals surface area contributed by atoms with Gasteiger partial charge < -0.3 is 4.90 Å². The number of nitrogens with zero attached hydrogens (tertiary/aromatic N) is 3. The maximum Gasteiger partial charge on any atom is 0.259 e. The third-order valence-electron chi connectivity index (χ3n) is 6.49. The number of anilines is 1. The molecule has 5 rings (SSSR count). The Hall–Kier alpha value is -3.31. The average molecular weight is 442 g/mol. The Bertz CT molecular complexity index is 1150. The molecule has 5 heteroatoms. The number of halogens is 1. The molecule has 4 nitrogen and oxygen atoms in total. The first-order valence-corrected chi connectivity index (χ1v) is 11.7. The molecule has 0 aliphatic carbocycles. The lowest BCUT2D eigenvalue weighted by Gasteiger charge is -2.30. The first kappa shape index (κ1) is 21.5. The molecule has 1 saturated heterocycles. The zero-order valence-electron chi connectivity index (χ0n) is 18.7. The van der Waals surface area contributed by atoms with Gasteiger partial charge in [-0.3, -0.25) is 14.7 Å². The first-order valence-electron chi connectivity index (χ1n) is 11.7. The van der Waals surface area contributed by atoms with Crippen molar-refractivity contribution in [1.29, 1.82) is 0 Å². The number of carbonyl (C=O) groups excluding carboxylic acids is 1. The molecular weight excluding hydrogens is 413 g/mol. The summed E-state index contributed by atoms with van der Waals surface area (Å²) in [5, 5.41) is 0. The van der Waals surface area contributed by atoms with Crippen molar-refractivity contribution in [3.8, 4) is 11.3 Å². The predicted octanol–water partition coefficient (Wildman–Crippen LogP) is 5.59. The van der Waals surface area contributed by atoms with Gasteiger partial charge in [0.05, 0.1) is 11.3 Å². The molecule has 0 spiro atoms. The molecule has 3 aromatic rings. The second kappa shape index (κ2) is 9.67. The number of carbonyl (C=O) groups is 1. The summed E-state index contributed by atoms with van der Waals surface area (Å²) in [5.74, 6) is -0.314. The Labute approximate surface area is 194 Å². The average Bonchev–Trinajstić information content (AvgIpc) is 3.37. The van der Waals surface area contributed by atoms with E-state index in [1.807, 2.05) is 11.0 Å². The molecule has 1 aromatic heterocycles. The van der Waals surface area contributed by atoms with Gasteiger partial charge in [0.2, 0.25) is 0 Å². The minimum atomic E-state index is -0.278. The summed E-state index contributed by atoms with van der Waals surface area (Å²) >= 11 is 0. The van der Waals surface area contributed by atoms with E-state index in [9.17, 15) is 9.18 Å². The first-order chi connectivity index (χ1) is 16.2. The highest BCUT2D eigenvalue weighted by molar-refractivity contribution is 6.06. The fraction of sp³-hybridized carbons (Fsp3) is 0.286. The second-order valence-corrected chi connectivity index (χ2v) is 8.80. The van der Waals surface area contributed by atoms with Crippen molar-refractivity contribution in [1.82, 2.24) is 9.88 Å². The van der Waals surface area contributed by atoms with Gasteiger partial charge >= 0.3 is 0 Å². The zero-order valence-corrected chi connectivity index (χ0v) is 18.7. The molecule has 0 bridgehead atoms. The highest BCUT2D eigenvalue weighted by Gasteiger charge is 2.24. The van der Waals surface area contributed by atoms with Crippen LogP contribution in [0.15, 0.2) is 66.9 Å². The Morgan fingerprint density at radius 3 is 2.55 bits per heavy atom. The van der Waals surface area contributed by atoms with Crippen LogP contribution in [-0.4, -0.2) is 42.0 Å². The molecule has 0 unspecified atom stereocenters. The number of fused-ring (bicyclic) bond motifs is 1. The van der Waals surface area contributed by atoms with Crippen LogP contribution in [0.1, 0.15) is 40.7 Å². The number of aromatic nitrogens is 1. The van der Waals surface area contributed by atoms with Gasteiger partial charge in [-0.05, 0) is 98.4 Å². The van der Waals surface area contributed by atoms with Gasteiger partial charge in [0, 0.05) is 30.5 Å². The molecule has 0 atom stereocenters. The van der Waals surface area contributed by atoms with Gasteiger partial charge in [0.1, 0.15) is 5.82 Å². The number of amides is 1. The van der Waals surface area contributed by atoms with Gasteiger partial charge in [0.15, 0.2) is 0 Å². The van der Waals surface area contributed by atoms with E-state index in [0.29, 0.717) is 12.1 Å². The quantitative estimate of drug-likeness (QED) is 0.518. The van der Waals surface area contributed by atoms with Crippen LogP contribution in [0.5, 0.6) is 0 Å². The second-order valence-electron chi connectivity index (χ2n) is 8.80. The number of aryl methyl sites for hydroxylation is 1. The third kappa shape index (κ3) is 4.88. The van der Waals surface area contributed by atoms with Crippen molar-refractivity contribution in [2.24, 2.45) is 0 Å². The summed E-state index contributed by atoms with van der Waals surface area (Å²) in [6.07, 6.45) is 10.6. The summed E-state index contributed by atoms with van der Waals surface area (Å²) in [5.41, 5.74) is 5.50. The molecule has 168 valence electrons. The van der Waals surface area contributed by atoms with Crippen LogP contribution in [0.2, 0.25) is 0 Å². The fourth-order valence-corrected chi connectivity index (χ4v) is 4.70. The molecule has 2 aliphatic rings. The largest absolute Gasteiger partial charge is 0.308 e. The highest BCUT2D eigenvalue weighted by Crippen LogP contribution is 2.30. The van der Waals surface area contributed by atoms with E-state index in [-0.39, 0.29) is 11.7 Å². The summed E-state index contributed by atoms with van der Waals surface area (Å²) < 4.78 is 13.2. The van der Waals surface area contributed by atoms with E-state index in [1.165, 1.54) is 49.2 Å². The lowest BCUT2D eigenvalue weighted by atomic mass is 9.98. The number of likely N-dealkylation sites (tertiary alicyclic amines) is 1. The standard InChI is InChI=1S/C28H28FN3O/c29-25-11-8-22(9-12-25)26-13-10-24(20-30-26)28(33)32-18-4-6-23-19-21(7-14-27(23)32)5-3-17-31-15-1-2-16-31/h3,5,7-14,19-20H,1-2,4,6,15-18H2. The topological polar surface area (TPSA) is 36.4 Å². The number of benzene rings is 2. The van der Waals surface area contributed by atoms with Gasteiger partial charge in [-0.25, -0.2) is 4.39 Å². The Morgan fingerprint density at radius 1 is 0.970 bits per heavy atom. The van der Waals surface area contributed by atoms with Crippen molar-refractivity contribution in [3.63, 3.8) is 0 Å². The van der Waals surface area contributed by atoms with Crippen molar-refractivity contribution in [2.45, 2.75) is 25.7 Å². The van der Waals surface area contributed by atoms with Crippen molar-refractivity contribution < 1.29 is 9.18 Å². The molecule has 2 aliphatic heterocycles. The van der Waals surface area contributed by atoms with Crippen LogP contribution in [0.3, 0.4) is 0 Å². The normalized spacial score (nSPS) is 16.3. The van der Waals surface area contributed by atoms with Crippen LogP contribution >= 0.6 is 0 Å². The Balaban J connectivity index is 1.30. The van der Waals surface area contributed by atoms with Crippen molar-refractivity contribution in [3.05, 3.63) is 89.4 Å². The number of hydrogen-bond donors (Lipinski definition) is 0. The van der Waals surface area contributed by atoms with Gasteiger partial charge in [-0.2, -0.15) is 0 Å². The lowest BCUT2D eigenvalue weighted by molar-refractivity contribution is 0.0985. The van der Waals surface area contributed by atoms with Crippen LogP contribution in [0.4, 0.5) is 10.1 Å². The maximum atomic E-state index is 13.3. The summed E-state index contributed by atoms with van der Waals surface area (Å²) in [6.45, 7) is 4.11. The minimum Gasteiger partial charge on any atom is -0.308 e. The molecule has 2 aromatic carbocycles. The third-order valence-corrected chi connectivity index (χ3v) is 6.49. The predicted molar refractivity (Wildman–Crippen MR) is 131 cm³/mol. The number of pyridine rings is 1. The van der Waals surface area contributed by atoms with Crippen LogP contribution in [0.25, 0.3) is 17.3 Å². The molecule has 33 heavy (non-hydrogen) atoms. The van der Waals surface area contributed by atoms with Crippen LogP contribution < -0.4 is 4.90 Å². The molecule has 0 N–H and O–H groups in total. The van der Waals surface area contributed by atoms with Gasteiger partial charge in [0.25, 0.3) is 5.91 Å². The van der Waals surface area contributed by atoms with Gasteiger partial charge in [-0.15, -0.1) is 0 Å². The molecular formula is C28H28FN3O. The molecule has 3 heterocycles. The molecule has 1 amide bonds. The highest BCUT2D eigenvalue weighted by atomic mass is 19.1. The van der Waals surface area contributed by atoms with E-state index in [2.05, 4.69) is 40.2 Å². The zero-order chi connectivity index (χ0) is 22.6. The Kier molecular flexibility index (Phi) is 6.31. The monoisotopic (exact) mass is 441 g/mol. The van der Waals surface area contributed by atoms with Crippen LogP contribution in [0, 0.1) is 5.82 Å². The summed E-state index contributed by atoms with van der Waals surface area (Å²) in [7, 11) is 0. The molecule has 0 radical (unpaired) electrons. The van der Waals surface area contributed by atoms with E-state index in [0.717, 1.165) is 36.3 Å².